The van der Waals surface area contributed by atoms with Gasteiger partial charge in [-0.25, -0.2) is 4.79 Å². The summed E-state index contributed by atoms with van der Waals surface area (Å²) < 4.78 is 5.60. The predicted molar refractivity (Wildman–Crippen MR) is 76.2 cm³/mol. The first kappa shape index (κ1) is 13.7. The molecule has 1 N–H and O–H groups in total. The van der Waals surface area contributed by atoms with Gasteiger partial charge in [0.2, 0.25) is 0 Å². The van der Waals surface area contributed by atoms with Crippen LogP contribution in [0.1, 0.15) is 46.1 Å². The van der Waals surface area contributed by atoms with Crippen molar-refractivity contribution in [1.29, 1.82) is 0 Å². The van der Waals surface area contributed by atoms with Gasteiger partial charge in [0.25, 0.3) is 0 Å². The number of hydrogen-bond acceptors (Lipinski definition) is 4. The Bertz CT molecular complexity index is 634. The molecule has 3 heterocycles. The van der Waals surface area contributed by atoms with Gasteiger partial charge >= 0.3 is 5.97 Å². The van der Waals surface area contributed by atoms with Gasteiger partial charge in [-0.2, -0.15) is 0 Å². The van der Waals surface area contributed by atoms with E-state index in [1.807, 2.05) is 18.3 Å². The topological polar surface area (TPSA) is 72.3 Å². The summed E-state index contributed by atoms with van der Waals surface area (Å²) in [5.74, 6) is -0.962. The lowest BCUT2D eigenvalue weighted by molar-refractivity contribution is 0.0696. The van der Waals surface area contributed by atoms with E-state index in [4.69, 9.17) is 9.84 Å². The van der Waals surface area contributed by atoms with E-state index in [2.05, 4.69) is 9.97 Å². The van der Waals surface area contributed by atoms with Crippen molar-refractivity contribution >= 4 is 5.97 Å². The highest BCUT2D eigenvalue weighted by Gasteiger charge is 2.18. The van der Waals surface area contributed by atoms with E-state index in [0.29, 0.717) is 6.42 Å². The molecule has 0 bridgehead atoms. The quantitative estimate of drug-likeness (QED) is 0.934. The van der Waals surface area contributed by atoms with E-state index in [-0.39, 0.29) is 11.7 Å². The average molecular weight is 284 g/mol. The van der Waals surface area contributed by atoms with Gasteiger partial charge in [-0.1, -0.05) is 6.07 Å². The third-order valence-corrected chi connectivity index (χ3v) is 3.56. The van der Waals surface area contributed by atoms with Crippen LogP contribution in [0.2, 0.25) is 0 Å². The minimum atomic E-state index is -0.962. The van der Waals surface area contributed by atoms with Gasteiger partial charge in [0.1, 0.15) is 0 Å². The van der Waals surface area contributed by atoms with Crippen LogP contribution in [-0.2, 0) is 11.2 Å². The maximum atomic E-state index is 10.9. The summed E-state index contributed by atoms with van der Waals surface area (Å²) in [7, 11) is 0. The summed E-state index contributed by atoms with van der Waals surface area (Å²) >= 11 is 0. The van der Waals surface area contributed by atoms with Crippen LogP contribution in [0.15, 0.2) is 36.8 Å². The predicted octanol–water partition coefficient (Wildman–Crippen LogP) is 2.62. The first-order valence-corrected chi connectivity index (χ1v) is 6.96. The normalized spacial score (nSPS) is 17.8. The number of pyridine rings is 2. The first-order chi connectivity index (χ1) is 10.2. The van der Waals surface area contributed by atoms with Gasteiger partial charge in [-0.3, -0.25) is 9.97 Å². The molecule has 1 atom stereocenters. The second-order valence-corrected chi connectivity index (χ2v) is 5.16. The Balaban J connectivity index is 1.72. The molecule has 3 rings (SSSR count). The van der Waals surface area contributed by atoms with Crippen LogP contribution in [0.25, 0.3) is 0 Å². The zero-order valence-electron chi connectivity index (χ0n) is 11.5. The van der Waals surface area contributed by atoms with Gasteiger partial charge in [0, 0.05) is 31.6 Å². The van der Waals surface area contributed by atoms with Crippen molar-refractivity contribution in [2.75, 3.05) is 6.61 Å². The van der Waals surface area contributed by atoms with E-state index in [1.165, 1.54) is 6.20 Å². The largest absolute Gasteiger partial charge is 0.478 e. The lowest BCUT2D eigenvalue weighted by atomic mass is 10.1. The fourth-order valence-corrected chi connectivity index (χ4v) is 2.48. The second kappa shape index (κ2) is 6.01. The lowest BCUT2D eigenvalue weighted by Crippen LogP contribution is -2.01. The highest BCUT2D eigenvalue weighted by atomic mass is 16.5. The average Bonchev–Trinajstić information content (AvgIpc) is 3.02. The third kappa shape index (κ3) is 3.25. The number of carboxylic acids is 1. The Hall–Kier alpha value is -2.27. The number of hydrogen-bond donors (Lipinski definition) is 1. The van der Waals surface area contributed by atoms with Crippen molar-refractivity contribution in [3.63, 3.8) is 0 Å². The molecule has 2 aromatic heterocycles. The standard InChI is InChI=1S/C16H16N2O3/c19-16(20)13-7-12(8-17-10-13)6-11-3-4-14(18-9-11)15-2-1-5-21-15/h3-4,7-10,15H,1-2,5-6H2,(H,19,20). The van der Waals surface area contributed by atoms with Crippen molar-refractivity contribution in [1.82, 2.24) is 9.97 Å². The molecule has 108 valence electrons. The van der Waals surface area contributed by atoms with Gasteiger partial charge in [-0.15, -0.1) is 0 Å². The van der Waals surface area contributed by atoms with Crippen LogP contribution < -0.4 is 0 Å². The summed E-state index contributed by atoms with van der Waals surface area (Å²) in [6.45, 7) is 0.807. The van der Waals surface area contributed by atoms with Gasteiger partial charge in [-0.05, 0) is 36.1 Å². The lowest BCUT2D eigenvalue weighted by Gasteiger charge is -2.09. The van der Waals surface area contributed by atoms with Crippen LogP contribution in [0.3, 0.4) is 0 Å². The number of nitrogens with zero attached hydrogens (tertiary/aromatic N) is 2. The number of carbonyl (C=O) groups is 1. The molecule has 5 heteroatoms. The molecule has 1 aliphatic rings. The van der Waals surface area contributed by atoms with Crippen molar-refractivity contribution in [2.45, 2.75) is 25.4 Å². The molecule has 21 heavy (non-hydrogen) atoms. The Morgan fingerprint density at radius 2 is 2.19 bits per heavy atom. The van der Waals surface area contributed by atoms with E-state index >= 15 is 0 Å². The van der Waals surface area contributed by atoms with Crippen molar-refractivity contribution in [3.05, 3.63) is 59.2 Å². The van der Waals surface area contributed by atoms with E-state index in [0.717, 1.165) is 36.3 Å². The fraction of sp³-hybridized carbons (Fsp3) is 0.312. The molecule has 0 saturated carbocycles. The maximum absolute atomic E-state index is 10.9. The maximum Gasteiger partial charge on any atom is 0.337 e. The van der Waals surface area contributed by atoms with Gasteiger partial charge in [0.05, 0.1) is 17.4 Å². The highest BCUT2D eigenvalue weighted by Crippen LogP contribution is 2.27. The highest BCUT2D eigenvalue weighted by molar-refractivity contribution is 5.87. The number of ether oxygens (including phenoxy) is 1. The summed E-state index contributed by atoms with van der Waals surface area (Å²) in [5, 5.41) is 8.97. The fourth-order valence-electron chi connectivity index (χ4n) is 2.48. The van der Waals surface area contributed by atoms with Crippen molar-refractivity contribution in [3.8, 4) is 0 Å². The van der Waals surface area contributed by atoms with E-state index in [1.54, 1.807) is 12.3 Å². The number of rotatable bonds is 4. The minimum absolute atomic E-state index is 0.121. The molecule has 1 saturated heterocycles. The molecule has 0 radical (unpaired) electrons. The van der Waals surface area contributed by atoms with Crippen LogP contribution >= 0.6 is 0 Å². The first-order valence-electron chi connectivity index (χ1n) is 6.96. The molecule has 2 aromatic rings. The summed E-state index contributed by atoms with van der Waals surface area (Å²) in [6, 6.07) is 5.64. The number of carboxylic acid groups (broad SMARTS) is 1. The van der Waals surface area contributed by atoms with Crippen LogP contribution in [0, 0.1) is 0 Å². The Morgan fingerprint density at radius 1 is 1.29 bits per heavy atom. The summed E-state index contributed by atoms with van der Waals surface area (Å²) in [5.41, 5.74) is 3.06. The van der Waals surface area contributed by atoms with Crippen molar-refractivity contribution < 1.29 is 14.6 Å². The van der Waals surface area contributed by atoms with Crippen LogP contribution in [0.4, 0.5) is 0 Å². The van der Waals surface area contributed by atoms with E-state index in [9.17, 15) is 4.79 Å². The second-order valence-electron chi connectivity index (χ2n) is 5.16. The zero-order valence-corrected chi connectivity index (χ0v) is 11.5. The van der Waals surface area contributed by atoms with Gasteiger partial charge < -0.3 is 9.84 Å². The molecule has 0 spiro atoms. The monoisotopic (exact) mass is 284 g/mol. The molecule has 1 aliphatic heterocycles. The molecule has 0 amide bonds. The summed E-state index contributed by atoms with van der Waals surface area (Å²) in [4.78, 5) is 19.3. The SMILES string of the molecule is O=C(O)c1cncc(Cc2ccc(C3CCCO3)nc2)c1. The minimum Gasteiger partial charge on any atom is -0.478 e. The molecular formula is C16H16N2O3. The van der Waals surface area contributed by atoms with Crippen molar-refractivity contribution in [2.24, 2.45) is 0 Å². The molecular weight excluding hydrogens is 268 g/mol. The molecule has 0 aromatic carbocycles. The Morgan fingerprint density at radius 3 is 2.86 bits per heavy atom. The molecule has 1 unspecified atom stereocenters. The molecule has 1 fully saturated rings. The molecule has 5 nitrogen and oxygen atoms in total. The Kier molecular flexibility index (Phi) is 3.92. The smallest absolute Gasteiger partial charge is 0.337 e. The van der Waals surface area contributed by atoms with E-state index < -0.39 is 5.97 Å². The summed E-state index contributed by atoms with van der Waals surface area (Å²) in [6.07, 6.45) is 7.71. The number of aromatic carboxylic acids is 1. The van der Waals surface area contributed by atoms with Crippen LogP contribution in [0.5, 0.6) is 0 Å². The zero-order chi connectivity index (χ0) is 14.7. The third-order valence-electron chi connectivity index (χ3n) is 3.56. The van der Waals surface area contributed by atoms with Gasteiger partial charge in [0.15, 0.2) is 0 Å². The van der Waals surface area contributed by atoms with Crippen LogP contribution in [-0.4, -0.2) is 27.7 Å². The Labute approximate surface area is 122 Å². The number of aromatic nitrogens is 2. The molecule has 0 aliphatic carbocycles.